The van der Waals surface area contributed by atoms with Crippen LogP contribution in [0.4, 0.5) is 5.69 Å². The van der Waals surface area contributed by atoms with Crippen LogP contribution in [0.25, 0.3) is 0 Å². The van der Waals surface area contributed by atoms with Gasteiger partial charge in [-0.05, 0) is 43.4 Å². The van der Waals surface area contributed by atoms with E-state index >= 15 is 0 Å². The molecule has 202 valence electrons. The van der Waals surface area contributed by atoms with Gasteiger partial charge in [0.2, 0.25) is 5.76 Å². The lowest BCUT2D eigenvalue weighted by atomic mass is 9.95. The van der Waals surface area contributed by atoms with Gasteiger partial charge in [0, 0.05) is 18.0 Å². The molecular weight excluding hydrogens is 498 g/mol. The first-order valence-electron chi connectivity index (χ1n) is 13.8. The summed E-state index contributed by atoms with van der Waals surface area (Å²) in [6.07, 6.45) is 12.0. The Hall–Kier alpha value is -3.13. The fourth-order valence-electron chi connectivity index (χ4n) is 5.82. The Morgan fingerprint density at radius 2 is 1.45 bits per heavy atom. The van der Waals surface area contributed by atoms with Crippen molar-refractivity contribution in [3.05, 3.63) is 76.9 Å². The van der Waals surface area contributed by atoms with Crippen LogP contribution in [0.1, 0.15) is 75.8 Å². The highest BCUT2D eigenvalue weighted by Gasteiger charge is 2.47. The van der Waals surface area contributed by atoms with Gasteiger partial charge in [0.25, 0.3) is 11.9 Å². The number of nitrogens with one attached hydrogen (secondary N) is 1. The smallest absolute Gasteiger partial charge is 0.296 e. The van der Waals surface area contributed by atoms with E-state index in [-0.39, 0.29) is 28.8 Å². The van der Waals surface area contributed by atoms with Crippen LogP contribution < -0.4 is 10.2 Å². The summed E-state index contributed by atoms with van der Waals surface area (Å²) in [5.41, 5.74) is 1.31. The van der Waals surface area contributed by atoms with Crippen molar-refractivity contribution in [3.8, 4) is 0 Å². The molecular formula is C30H37N3O4S. The second-order valence-electron chi connectivity index (χ2n) is 10.6. The lowest BCUT2D eigenvalue weighted by molar-refractivity contribution is -0.116. The molecule has 0 aromatic heterocycles. The second kappa shape index (κ2) is 11.7. The third-order valence-electron chi connectivity index (χ3n) is 7.70. The summed E-state index contributed by atoms with van der Waals surface area (Å²) >= 11 is 0. The number of benzene rings is 2. The standard InChI is InChI=1S/C30H37N3O4S/c1-38(35,36)28-26(22-14-6-2-7-15-22)33(25-20-12-5-13-21-25)29(34)27(28)37-30(31-23-16-8-3-9-17-23)32-24-18-10-4-11-19-24/h2,5-7,12-15,20-21,23-24,26H,3-4,8-11,16-19H2,1H3,(H,31,32)/t26-/m1/s1. The molecule has 2 aromatic rings. The number of amidine groups is 1. The number of hydrogen-bond acceptors (Lipinski definition) is 5. The van der Waals surface area contributed by atoms with Crippen molar-refractivity contribution in [1.82, 2.24) is 5.32 Å². The lowest BCUT2D eigenvalue weighted by Crippen LogP contribution is -2.39. The number of para-hydroxylation sites is 1. The Kier molecular flexibility index (Phi) is 8.17. The minimum absolute atomic E-state index is 0.0284. The van der Waals surface area contributed by atoms with Crippen molar-refractivity contribution in [2.45, 2.75) is 82.3 Å². The van der Waals surface area contributed by atoms with Crippen LogP contribution >= 0.6 is 0 Å². The maximum Gasteiger partial charge on any atom is 0.296 e. The molecule has 1 N–H and O–H groups in total. The third-order valence-corrected chi connectivity index (χ3v) is 8.91. The maximum atomic E-state index is 14.1. The van der Waals surface area contributed by atoms with E-state index < -0.39 is 21.8 Å². The van der Waals surface area contributed by atoms with E-state index in [1.807, 2.05) is 60.7 Å². The first-order valence-corrected chi connectivity index (χ1v) is 15.7. The van der Waals surface area contributed by atoms with E-state index in [9.17, 15) is 13.2 Å². The molecule has 3 aliphatic rings. The zero-order valence-electron chi connectivity index (χ0n) is 22.0. The minimum Gasteiger partial charge on any atom is -0.419 e. The van der Waals surface area contributed by atoms with Gasteiger partial charge >= 0.3 is 0 Å². The molecule has 0 saturated heterocycles. The van der Waals surface area contributed by atoms with Crippen molar-refractivity contribution in [2.75, 3.05) is 11.2 Å². The van der Waals surface area contributed by atoms with Gasteiger partial charge in [0.1, 0.15) is 10.9 Å². The SMILES string of the molecule is CS(=O)(=O)C1=C(OC(=NC2CCCCC2)NC2CCCCC2)C(=O)N(c2ccccc2)[C@@H]1c1ccccc1. The van der Waals surface area contributed by atoms with Gasteiger partial charge in [0.15, 0.2) is 9.84 Å². The highest BCUT2D eigenvalue weighted by Crippen LogP contribution is 2.43. The molecule has 0 spiro atoms. The molecule has 38 heavy (non-hydrogen) atoms. The molecule has 8 heteroatoms. The molecule has 2 fully saturated rings. The average Bonchev–Trinajstić information content (AvgIpc) is 3.23. The van der Waals surface area contributed by atoms with Crippen LogP contribution in [0.2, 0.25) is 0 Å². The molecule has 2 aromatic carbocycles. The summed E-state index contributed by atoms with van der Waals surface area (Å²) in [6.45, 7) is 0. The number of carbonyl (C=O) groups is 1. The molecule has 7 nitrogen and oxygen atoms in total. The third kappa shape index (κ3) is 5.96. The van der Waals surface area contributed by atoms with Gasteiger partial charge in [0.05, 0.1) is 6.04 Å². The monoisotopic (exact) mass is 535 g/mol. The van der Waals surface area contributed by atoms with Crippen molar-refractivity contribution >= 4 is 27.5 Å². The largest absolute Gasteiger partial charge is 0.419 e. The molecule has 1 atom stereocenters. The predicted molar refractivity (Wildman–Crippen MR) is 150 cm³/mol. The van der Waals surface area contributed by atoms with E-state index in [4.69, 9.17) is 9.73 Å². The topological polar surface area (TPSA) is 88.1 Å². The number of rotatable bonds is 6. The van der Waals surface area contributed by atoms with Gasteiger partial charge in [-0.15, -0.1) is 0 Å². The highest BCUT2D eigenvalue weighted by molar-refractivity contribution is 7.94. The summed E-state index contributed by atoms with van der Waals surface area (Å²) in [4.78, 5) is 20.5. The summed E-state index contributed by atoms with van der Waals surface area (Å²) in [5.74, 6) is -0.643. The molecule has 1 heterocycles. The van der Waals surface area contributed by atoms with Crippen LogP contribution in [-0.4, -0.2) is 38.7 Å². The number of carbonyl (C=O) groups excluding carboxylic acids is 1. The zero-order chi connectivity index (χ0) is 26.5. The maximum absolute atomic E-state index is 14.1. The Morgan fingerprint density at radius 3 is 2.05 bits per heavy atom. The Balaban J connectivity index is 1.59. The van der Waals surface area contributed by atoms with E-state index in [0.29, 0.717) is 11.3 Å². The summed E-state index contributed by atoms with van der Waals surface area (Å²) in [6, 6.07) is 18.2. The Labute approximate surface area is 225 Å². The van der Waals surface area contributed by atoms with E-state index in [1.54, 1.807) is 0 Å². The first-order chi connectivity index (χ1) is 18.4. The van der Waals surface area contributed by atoms with Gasteiger partial charge in [-0.3, -0.25) is 9.69 Å². The first kappa shape index (κ1) is 26.5. The van der Waals surface area contributed by atoms with Crippen LogP contribution in [0, 0.1) is 0 Å². The summed E-state index contributed by atoms with van der Waals surface area (Å²) in [5, 5.41) is 3.46. The van der Waals surface area contributed by atoms with Gasteiger partial charge in [-0.2, -0.15) is 0 Å². The van der Waals surface area contributed by atoms with E-state index in [1.165, 1.54) is 17.7 Å². The second-order valence-corrected chi connectivity index (χ2v) is 12.6. The molecule has 1 aliphatic heterocycles. The number of amides is 1. The lowest BCUT2D eigenvalue weighted by Gasteiger charge is -2.27. The number of nitrogens with zero attached hydrogens (tertiary/aromatic N) is 2. The fraction of sp³-hybridized carbons (Fsp3) is 0.467. The number of aliphatic imine (C=N–C) groups is 1. The molecule has 1 amide bonds. The average molecular weight is 536 g/mol. The van der Waals surface area contributed by atoms with Crippen LogP contribution in [0.15, 0.2) is 76.3 Å². The number of hydrogen-bond donors (Lipinski definition) is 1. The number of anilines is 1. The van der Waals surface area contributed by atoms with Gasteiger partial charge in [-0.25, -0.2) is 13.4 Å². The fourth-order valence-corrected chi connectivity index (χ4v) is 6.93. The van der Waals surface area contributed by atoms with Crippen LogP contribution in [0.3, 0.4) is 0 Å². The van der Waals surface area contributed by atoms with Crippen molar-refractivity contribution in [2.24, 2.45) is 4.99 Å². The van der Waals surface area contributed by atoms with Crippen LogP contribution in [-0.2, 0) is 19.4 Å². The van der Waals surface area contributed by atoms with Crippen molar-refractivity contribution in [3.63, 3.8) is 0 Å². The quantitative estimate of drug-likeness (QED) is 0.381. The molecule has 2 saturated carbocycles. The molecule has 0 radical (unpaired) electrons. The Morgan fingerprint density at radius 1 is 0.868 bits per heavy atom. The van der Waals surface area contributed by atoms with Crippen molar-refractivity contribution < 1.29 is 17.9 Å². The molecule has 0 unspecified atom stereocenters. The minimum atomic E-state index is -3.83. The number of sulfone groups is 1. The molecule has 0 bridgehead atoms. The summed E-state index contributed by atoms with van der Waals surface area (Å²) < 4.78 is 33.0. The molecule has 2 aliphatic carbocycles. The van der Waals surface area contributed by atoms with Gasteiger partial charge < -0.3 is 10.1 Å². The summed E-state index contributed by atoms with van der Waals surface area (Å²) in [7, 11) is -3.83. The predicted octanol–water partition coefficient (Wildman–Crippen LogP) is 5.66. The Bertz CT molecular complexity index is 1280. The van der Waals surface area contributed by atoms with E-state index in [0.717, 1.165) is 57.6 Å². The van der Waals surface area contributed by atoms with Crippen molar-refractivity contribution in [1.29, 1.82) is 0 Å². The molecule has 5 rings (SSSR count). The normalized spacial score (nSPS) is 22.1. The highest BCUT2D eigenvalue weighted by atomic mass is 32.2. The van der Waals surface area contributed by atoms with Gasteiger partial charge in [-0.1, -0.05) is 87.1 Å². The zero-order valence-corrected chi connectivity index (χ0v) is 22.8. The number of ether oxygens (including phenoxy) is 1. The van der Waals surface area contributed by atoms with Crippen LogP contribution in [0.5, 0.6) is 0 Å². The van der Waals surface area contributed by atoms with E-state index in [2.05, 4.69) is 5.32 Å².